The molecule has 35 heavy (non-hydrogen) atoms. The molecule has 7 nitrogen and oxygen atoms in total. The number of nitrogens with zero attached hydrogens (tertiary/aromatic N) is 2. The quantitative estimate of drug-likeness (QED) is 0.195. The minimum atomic E-state index is -0.854. The molecule has 0 bridgehead atoms. The summed E-state index contributed by atoms with van der Waals surface area (Å²) >= 11 is 4.70. The number of ketones is 1. The summed E-state index contributed by atoms with van der Waals surface area (Å²) in [6, 6.07) is 18.5. The van der Waals surface area contributed by atoms with Crippen molar-refractivity contribution in [3.8, 4) is 11.5 Å². The van der Waals surface area contributed by atoms with E-state index < -0.39 is 17.7 Å². The Labute approximate surface area is 213 Å². The number of halogens is 1. The van der Waals surface area contributed by atoms with E-state index in [9.17, 15) is 14.7 Å². The summed E-state index contributed by atoms with van der Waals surface area (Å²) in [7, 11) is 3.12. The number of Topliss-reactive ketones (excluding diaryl/α,β-unsaturated/α-hetero) is 1. The first-order valence-corrected chi connectivity index (χ1v) is 12.2. The Bertz CT molecular complexity index is 1480. The van der Waals surface area contributed by atoms with Crippen molar-refractivity contribution < 1.29 is 24.2 Å². The first kappa shape index (κ1) is 23.1. The van der Waals surface area contributed by atoms with E-state index in [0.717, 1.165) is 9.17 Å². The number of rotatable bonds is 5. The predicted molar refractivity (Wildman–Crippen MR) is 138 cm³/mol. The molecule has 1 fully saturated rings. The second kappa shape index (κ2) is 9.16. The lowest BCUT2D eigenvalue weighted by Crippen LogP contribution is -2.29. The van der Waals surface area contributed by atoms with Gasteiger partial charge in [0.25, 0.3) is 5.78 Å². The third-order valence-electron chi connectivity index (χ3n) is 5.78. The van der Waals surface area contributed by atoms with Gasteiger partial charge in [0.1, 0.15) is 17.3 Å². The van der Waals surface area contributed by atoms with E-state index in [1.807, 2.05) is 30.3 Å². The average molecular weight is 551 g/mol. The van der Waals surface area contributed by atoms with Crippen LogP contribution >= 0.6 is 27.3 Å². The van der Waals surface area contributed by atoms with Crippen LogP contribution in [0.25, 0.3) is 16.0 Å². The van der Waals surface area contributed by atoms with Crippen LogP contribution < -0.4 is 14.4 Å². The molecule has 4 aromatic rings. The van der Waals surface area contributed by atoms with Crippen molar-refractivity contribution in [2.75, 3.05) is 19.1 Å². The van der Waals surface area contributed by atoms with E-state index in [4.69, 9.17) is 9.47 Å². The molecule has 0 radical (unpaired) electrons. The number of methoxy groups -OCH3 is 2. The van der Waals surface area contributed by atoms with Gasteiger partial charge in [-0.1, -0.05) is 39.4 Å². The molecule has 1 aliphatic rings. The smallest absolute Gasteiger partial charge is 0.301 e. The Morgan fingerprint density at radius 3 is 2.29 bits per heavy atom. The minimum absolute atomic E-state index is 0.000624. The molecule has 0 aliphatic carbocycles. The highest BCUT2D eigenvalue weighted by atomic mass is 79.9. The number of carbonyl (C=O) groups excluding carboxylic acids is 2. The molecule has 3 aromatic carbocycles. The van der Waals surface area contributed by atoms with Crippen molar-refractivity contribution >= 4 is 60.1 Å². The number of benzene rings is 3. The molecule has 1 saturated heterocycles. The van der Waals surface area contributed by atoms with Crippen LogP contribution in [0.2, 0.25) is 0 Å². The Hall–Kier alpha value is -3.69. The zero-order chi connectivity index (χ0) is 24.7. The molecule has 1 N–H and O–H groups in total. The fourth-order valence-corrected chi connectivity index (χ4v) is 5.30. The molecule has 1 atom stereocenters. The van der Waals surface area contributed by atoms with Crippen LogP contribution in [0.4, 0.5) is 5.13 Å². The van der Waals surface area contributed by atoms with Crippen LogP contribution in [0.3, 0.4) is 0 Å². The number of hydrogen-bond donors (Lipinski definition) is 1. The predicted octanol–water partition coefficient (Wildman–Crippen LogP) is 5.70. The number of thiazole rings is 1. The Morgan fingerprint density at radius 1 is 0.971 bits per heavy atom. The highest BCUT2D eigenvalue weighted by Crippen LogP contribution is 2.44. The van der Waals surface area contributed by atoms with Gasteiger partial charge in [-0.25, -0.2) is 4.98 Å². The lowest BCUT2D eigenvalue weighted by Gasteiger charge is -2.23. The van der Waals surface area contributed by atoms with Crippen molar-refractivity contribution in [2.45, 2.75) is 6.04 Å². The number of ether oxygens (including phenoxy) is 2. The average Bonchev–Trinajstić information content (AvgIpc) is 3.41. The molecule has 0 unspecified atom stereocenters. The van der Waals surface area contributed by atoms with Gasteiger partial charge in [0, 0.05) is 10.0 Å². The Morgan fingerprint density at radius 2 is 1.63 bits per heavy atom. The summed E-state index contributed by atoms with van der Waals surface area (Å²) in [6.07, 6.45) is 0. The van der Waals surface area contributed by atoms with Crippen LogP contribution in [0, 0.1) is 0 Å². The SMILES string of the molecule is COc1ccc(/C(O)=C2\C(=O)C(=O)N(c3nc4ccc(OC)cc4s3)[C@@H]2c2ccc(Br)cc2)cc1. The maximum Gasteiger partial charge on any atom is 0.301 e. The molecular weight excluding hydrogens is 532 g/mol. The van der Waals surface area contributed by atoms with Crippen molar-refractivity contribution in [1.82, 2.24) is 4.98 Å². The number of fused-ring (bicyclic) bond motifs is 1. The molecule has 5 rings (SSSR count). The number of aliphatic hydroxyl groups excluding tert-OH is 1. The van der Waals surface area contributed by atoms with Crippen LogP contribution in [0.5, 0.6) is 11.5 Å². The van der Waals surface area contributed by atoms with Gasteiger partial charge in [-0.3, -0.25) is 14.5 Å². The van der Waals surface area contributed by atoms with Gasteiger partial charge in [0.05, 0.1) is 36.1 Å². The first-order chi connectivity index (χ1) is 16.9. The van der Waals surface area contributed by atoms with Gasteiger partial charge in [-0.05, 0) is 60.2 Å². The molecule has 1 aromatic heterocycles. The van der Waals surface area contributed by atoms with Crippen molar-refractivity contribution in [3.05, 3.63) is 87.9 Å². The van der Waals surface area contributed by atoms with E-state index >= 15 is 0 Å². The first-order valence-electron chi connectivity index (χ1n) is 10.6. The summed E-state index contributed by atoms with van der Waals surface area (Å²) in [6.45, 7) is 0. The van der Waals surface area contributed by atoms with E-state index in [2.05, 4.69) is 20.9 Å². The second-order valence-corrected chi connectivity index (χ2v) is 9.70. The third kappa shape index (κ3) is 4.06. The van der Waals surface area contributed by atoms with E-state index in [1.54, 1.807) is 50.6 Å². The number of aliphatic hydroxyl groups is 1. The van der Waals surface area contributed by atoms with Crippen LogP contribution in [0.1, 0.15) is 17.2 Å². The van der Waals surface area contributed by atoms with E-state index in [1.165, 1.54) is 16.2 Å². The summed E-state index contributed by atoms with van der Waals surface area (Å²) in [5, 5.41) is 11.6. The fraction of sp³-hybridized carbons (Fsp3) is 0.115. The van der Waals surface area contributed by atoms with Crippen molar-refractivity contribution in [3.63, 3.8) is 0 Å². The van der Waals surface area contributed by atoms with Gasteiger partial charge in [-0.2, -0.15) is 0 Å². The summed E-state index contributed by atoms with van der Waals surface area (Å²) < 4.78 is 12.1. The molecule has 0 spiro atoms. The fourth-order valence-electron chi connectivity index (χ4n) is 4.02. The van der Waals surface area contributed by atoms with Crippen molar-refractivity contribution in [2.24, 2.45) is 0 Å². The topological polar surface area (TPSA) is 89.0 Å². The molecule has 0 saturated carbocycles. The lowest BCUT2D eigenvalue weighted by molar-refractivity contribution is -0.132. The maximum atomic E-state index is 13.3. The zero-order valence-electron chi connectivity index (χ0n) is 18.7. The molecule has 1 aliphatic heterocycles. The maximum absolute atomic E-state index is 13.3. The third-order valence-corrected chi connectivity index (χ3v) is 7.33. The molecule has 2 heterocycles. The lowest BCUT2D eigenvalue weighted by atomic mass is 9.95. The minimum Gasteiger partial charge on any atom is -0.507 e. The summed E-state index contributed by atoms with van der Waals surface area (Å²) in [4.78, 5) is 32.6. The Balaban J connectivity index is 1.69. The molecule has 9 heteroatoms. The monoisotopic (exact) mass is 550 g/mol. The molecule has 1 amide bonds. The molecular formula is C26H19BrN2O5S. The molecule has 176 valence electrons. The van der Waals surface area contributed by atoms with Gasteiger partial charge in [0.15, 0.2) is 5.13 Å². The normalized spacial score (nSPS) is 17.2. The number of carbonyl (C=O) groups is 2. The van der Waals surface area contributed by atoms with Gasteiger partial charge in [-0.15, -0.1) is 0 Å². The number of aromatic nitrogens is 1. The number of amides is 1. The highest BCUT2D eigenvalue weighted by molar-refractivity contribution is 9.10. The van der Waals surface area contributed by atoms with E-state index in [0.29, 0.717) is 33.3 Å². The second-order valence-electron chi connectivity index (χ2n) is 7.78. The largest absolute Gasteiger partial charge is 0.507 e. The van der Waals surface area contributed by atoms with Crippen molar-refractivity contribution in [1.29, 1.82) is 0 Å². The van der Waals surface area contributed by atoms with Gasteiger partial charge < -0.3 is 14.6 Å². The summed E-state index contributed by atoms with van der Waals surface area (Å²) in [5.41, 5.74) is 1.75. The Kier molecular flexibility index (Phi) is 6.04. The number of hydrogen-bond acceptors (Lipinski definition) is 7. The van der Waals surface area contributed by atoms with Crippen LogP contribution in [-0.4, -0.2) is 36.0 Å². The van der Waals surface area contributed by atoms with Crippen LogP contribution in [0.15, 0.2) is 76.8 Å². The van der Waals surface area contributed by atoms with Gasteiger partial charge >= 0.3 is 5.91 Å². The van der Waals surface area contributed by atoms with Crippen LogP contribution in [-0.2, 0) is 9.59 Å². The highest BCUT2D eigenvalue weighted by Gasteiger charge is 2.48. The summed E-state index contributed by atoms with van der Waals surface area (Å²) in [5.74, 6) is -0.513. The van der Waals surface area contributed by atoms with Gasteiger partial charge in [0.2, 0.25) is 0 Å². The number of anilines is 1. The van der Waals surface area contributed by atoms with E-state index in [-0.39, 0.29) is 11.3 Å². The standard InChI is InChI=1S/C26H19BrN2O5S/c1-33-17-9-5-15(6-10-17)23(30)21-22(14-3-7-16(27)8-4-14)29(25(32)24(21)31)26-28-19-12-11-18(34-2)13-20(19)35-26/h3-13,22,30H,1-2H3/b23-21+/t22-/m1/s1. The zero-order valence-corrected chi connectivity index (χ0v) is 21.1.